The summed E-state index contributed by atoms with van der Waals surface area (Å²) in [6, 6.07) is 4.35. The summed E-state index contributed by atoms with van der Waals surface area (Å²) in [5.74, 6) is -1.66. The number of carboxylic acid groups (broad SMARTS) is 1. The number of carbonyl (C=O) groups is 1. The van der Waals surface area contributed by atoms with Gasteiger partial charge in [-0.3, -0.25) is 4.79 Å². The van der Waals surface area contributed by atoms with Crippen molar-refractivity contribution in [2.24, 2.45) is 0 Å². The van der Waals surface area contributed by atoms with E-state index in [2.05, 4.69) is 0 Å². The maximum absolute atomic E-state index is 11.7. The molecule has 0 saturated carbocycles. The Kier molecular flexibility index (Phi) is 4.11. The first-order valence-corrected chi connectivity index (χ1v) is 6.67. The summed E-state index contributed by atoms with van der Waals surface area (Å²) in [4.78, 5) is 10.5. The highest BCUT2D eigenvalue weighted by Gasteiger charge is 2.19. The Bertz CT molecular complexity index is 519. The Morgan fingerprint density at radius 1 is 1.41 bits per heavy atom. The third-order valence-electron chi connectivity index (χ3n) is 2.31. The zero-order chi connectivity index (χ0) is 13.1. The second kappa shape index (κ2) is 5.18. The van der Waals surface area contributed by atoms with E-state index in [0.717, 1.165) is 5.56 Å². The molecule has 1 N–H and O–H groups in total. The summed E-state index contributed by atoms with van der Waals surface area (Å²) < 4.78 is 28.5. The molecule has 0 fully saturated rings. The molecule has 0 radical (unpaired) electrons. The number of aryl methyl sites for hydroxylation is 1. The van der Waals surface area contributed by atoms with E-state index >= 15 is 0 Å². The number of benzene rings is 1. The van der Waals surface area contributed by atoms with Crippen LogP contribution >= 0.6 is 0 Å². The zero-order valence-corrected chi connectivity index (χ0v) is 10.5. The highest BCUT2D eigenvalue weighted by Crippen LogP contribution is 2.23. The van der Waals surface area contributed by atoms with E-state index in [-0.39, 0.29) is 4.90 Å². The van der Waals surface area contributed by atoms with Gasteiger partial charge in [-0.25, -0.2) is 8.42 Å². The largest absolute Gasteiger partial charge is 0.496 e. The van der Waals surface area contributed by atoms with E-state index in [4.69, 9.17) is 9.84 Å². The lowest BCUT2D eigenvalue weighted by atomic mass is 10.1. The normalized spacial score (nSPS) is 11.2. The van der Waals surface area contributed by atoms with E-state index in [1.54, 1.807) is 0 Å². The van der Waals surface area contributed by atoms with E-state index in [0.29, 0.717) is 12.2 Å². The van der Waals surface area contributed by atoms with Crippen molar-refractivity contribution in [2.45, 2.75) is 18.2 Å². The van der Waals surface area contributed by atoms with Gasteiger partial charge >= 0.3 is 5.97 Å². The molecule has 0 atom stereocenters. The van der Waals surface area contributed by atoms with Gasteiger partial charge in [-0.05, 0) is 30.2 Å². The van der Waals surface area contributed by atoms with Gasteiger partial charge in [0.2, 0.25) is 0 Å². The molecule has 0 aliphatic rings. The number of hydrogen-bond donors (Lipinski definition) is 1. The number of methoxy groups -OCH3 is 1. The molecule has 0 bridgehead atoms. The summed E-state index contributed by atoms with van der Waals surface area (Å²) in [5, 5.41) is 8.53. The van der Waals surface area contributed by atoms with Gasteiger partial charge < -0.3 is 9.84 Å². The van der Waals surface area contributed by atoms with Gasteiger partial charge in [0.25, 0.3) is 0 Å². The van der Waals surface area contributed by atoms with Crippen LogP contribution in [0.1, 0.15) is 12.5 Å². The number of carboxylic acids is 1. The van der Waals surface area contributed by atoms with Crippen molar-refractivity contribution in [2.75, 3.05) is 12.9 Å². The third kappa shape index (κ3) is 3.20. The Labute approximate surface area is 100.0 Å². The fourth-order valence-corrected chi connectivity index (χ4v) is 2.56. The second-order valence-electron chi connectivity index (χ2n) is 3.48. The van der Waals surface area contributed by atoms with Crippen LogP contribution in [-0.4, -0.2) is 32.4 Å². The minimum atomic E-state index is -3.77. The van der Waals surface area contributed by atoms with Crippen LogP contribution < -0.4 is 4.74 Å². The standard InChI is InChI=1S/C11H14O5S/c1-3-8-6-9(4-5-10(8)16-2)17(14,15)7-11(12)13/h4-6H,3,7H2,1-2H3,(H,12,13). The number of hydrogen-bond acceptors (Lipinski definition) is 4. The van der Waals surface area contributed by atoms with Gasteiger partial charge in [-0.15, -0.1) is 0 Å². The molecule has 0 aliphatic heterocycles. The van der Waals surface area contributed by atoms with E-state index in [1.165, 1.54) is 25.3 Å². The van der Waals surface area contributed by atoms with Crippen molar-refractivity contribution in [1.29, 1.82) is 0 Å². The maximum atomic E-state index is 11.7. The van der Waals surface area contributed by atoms with Crippen molar-refractivity contribution in [3.63, 3.8) is 0 Å². The van der Waals surface area contributed by atoms with Crippen LogP contribution in [0.15, 0.2) is 23.1 Å². The van der Waals surface area contributed by atoms with Gasteiger partial charge in [-0.2, -0.15) is 0 Å². The maximum Gasteiger partial charge on any atom is 0.319 e. The number of ether oxygens (including phenoxy) is 1. The number of rotatable bonds is 5. The van der Waals surface area contributed by atoms with Crippen LogP contribution in [0.3, 0.4) is 0 Å². The van der Waals surface area contributed by atoms with Gasteiger partial charge in [0.05, 0.1) is 12.0 Å². The van der Waals surface area contributed by atoms with Crippen LogP contribution in [0.5, 0.6) is 5.75 Å². The average molecular weight is 258 g/mol. The van der Waals surface area contributed by atoms with Crippen molar-refractivity contribution in [3.05, 3.63) is 23.8 Å². The minimum absolute atomic E-state index is 0.0116. The Morgan fingerprint density at radius 3 is 2.53 bits per heavy atom. The molecule has 0 aliphatic carbocycles. The quantitative estimate of drug-likeness (QED) is 0.855. The highest BCUT2D eigenvalue weighted by atomic mass is 32.2. The Balaban J connectivity index is 3.20. The number of sulfone groups is 1. The van der Waals surface area contributed by atoms with Gasteiger partial charge in [-0.1, -0.05) is 6.92 Å². The van der Waals surface area contributed by atoms with Crippen LogP contribution in [-0.2, 0) is 21.1 Å². The van der Waals surface area contributed by atoms with Crippen LogP contribution in [0, 0.1) is 0 Å². The molecule has 0 unspecified atom stereocenters. The van der Waals surface area contributed by atoms with Crippen molar-refractivity contribution < 1.29 is 23.1 Å². The first-order chi connectivity index (χ1) is 7.90. The molecule has 1 aromatic rings. The van der Waals surface area contributed by atoms with Gasteiger partial charge in [0.1, 0.15) is 5.75 Å². The molecule has 17 heavy (non-hydrogen) atoms. The van der Waals surface area contributed by atoms with Crippen LogP contribution in [0.25, 0.3) is 0 Å². The Hall–Kier alpha value is -1.56. The molecule has 0 heterocycles. The molecule has 5 nitrogen and oxygen atoms in total. The fourth-order valence-electron chi connectivity index (χ4n) is 1.47. The van der Waals surface area contributed by atoms with Crippen LogP contribution in [0.2, 0.25) is 0 Å². The molecule has 1 aromatic carbocycles. The minimum Gasteiger partial charge on any atom is -0.496 e. The lowest BCUT2D eigenvalue weighted by Gasteiger charge is -2.09. The molecular formula is C11H14O5S. The molecule has 6 heteroatoms. The predicted octanol–water partition coefficient (Wildman–Crippen LogP) is 1.12. The summed E-state index contributed by atoms with van der Waals surface area (Å²) in [6.45, 7) is 1.87. The average Bonchev–Trinajstić information content (AvgIpc) is 2.26. The van der Waals surface area contributed by atoms with Crippen molar-refractivity contribution >= 4 is 15.8 Å². The lowest BCUT2D eigenvalue weighted by Crippen LogP contribution is -2.15. The van der Waals surface area contributed by atoms with Gasteiger partial charge in [0, 0.05) is 0 Å². The molecule has 94 valence electrons. The first kappa shape index (κ1) is 13.5. The van der Waals surface area contributed by atoms with Gasteiger partial charge in [0.15, 0.2) is 15.6 Å². The molecule has 0 saturated heterocycles. The van der Waals surface area contributed by atoms with E-state index < -0.39 is 21.6 Å². The van der Waals surface area contributed by atoms with Crippen molar-refractivity contribution in [3.8, 4) is 5.75 Å². The molecular weight excluding hydrogens is 244 g/mol. The topological polar surface area (TPSA) is 80.7 Å². The Morgan fingerprint density at radius 2 is 2.06 bits per heavy atom. The molecule has 1 rings (SSSR count). The summed E-state index contributed by atoms with van der Waals surface area (Å²) in [7, 11) is -2.27. The molecule has 0 amide bonds. The first-order valence-electron chi connectivity index (χ1n) is 5.02. The lowest BCUT2D eigenvalue weighted by molar-refractivity contribution is -0.134. The van der Waals surface area contributed by atoms with Crippen LogP contribution in [0.4, 0.5) is 0 Å². The number of aliphatic carboxylic acids is 1. The third-order valence-corrected chi connectivity index (χ3v) is 3.90. The van der Waals surface area contributed by atoms with E-state index in [9.17, 15) is 13.2 Å². The zero-order valence-electron chi connectivity index (χ0n) is 9.63. The SMILES string of the molecule is CCc1cc(S(=O)(=O)CC(=O)O)ccc1OC. The second-order valence-corrected chi connectivity index (χ2v) is 5.47. The van der Waals surface area contributed by atoms with E-state index in [1.807, 2.05) is 6.92 Å². The molecule has 0 spiro atoms. The summed E-state index contributed by atoms with van der Waals surface area (Å²) in [5.41, 5.74) is 0.735. The summed E-state index contributed by atoms with van der Waals surface area (Å²) >= 11 is 0. The fraction of sp³-hybridized carbons (Fsp3) is 0.364. The highest BCUT2D eigenvalue weighted by molar-refractivity contribution is 7.92. The smallest absolute Gasteiger partial charge is 0.319 e. The summed E-state index contributed by atoms with van der Waals surface area (Å²) in [6.07, 6.45) is 0.611. The molecule has 0 aromatic heterocycles. The van der Waals surface area contributed by atoms with Crippen molar-refractivity contribution in [1.82, 2.24) is 0 Å². The monoisotopic (exact) mass is 258 g/mol. The predicted molar refractivity (Wildman–Crippen MR) is 62.1 cm³/mol.